The molecule has 2 heterocycles. The summed E-state index contributed by atoms with van der Waals surface area (Å²) < 4.78 is 4.98. The minimum atomic E-state index is -0.185. The molecule has 0 saturated carbocycles. The lowest BCUT2D eigenvalue weighted by atomic mass is 10.1. The first kappa shape index (κ1) is 17.2. The van der Waals surface area contributed by atoms with Crippen LogP contribution in [0.4, 0.5) is 0 Å². The highest BCUT2D eigenvalue weighted by Crippen LogP contribution is 2.21. The van der Waals surface area contributed by atoms with Crippen molar-refractivity contribution in [3.8, 4) is 0 Å². The number of nitrogens with one attached hydrogen (secondary N) is 1. The van der Waals surface area contributed by atoms with Gasteiger partial charge in [-0.25, -0.2) is 0 Å². The maximum atomic E-state index is 12.4. The summed E-state index contributed by atoms with van der Waals surface area (Å²) >= 11 is 0. The Morgan fingerprint density at radius 3 is 2.90 bits per heavy atom. The van der Waals surface area contributed by atoms with Gasteiger partial charge in [0.2, 0.25) is 11.8 Å². The van der Waals surface area contributed by atoms with Crippen LogP contribution in [0.1, 0.15) is 12.8 Å². The van der Waals surface area contributed by atoms with E-state index >= 15 is 0 Å². The van der Waals surface area contributed by atoms with E-state index in [0.29, 0.717) is 26.1 Å². The number of amides is 2. The molecule has 0 aromatic carbocycles. The van der Waals surface area contributed by atoms with Crippen LogP contribution in [-0.2, 0) is 14.3 Å². The van der Waals surface area contributed by atoms with Crippen LogP contribution in [0.3, 0.4) is 0 Å². The molecule has 0 aliphatic carbocycles. The van der Waals surface area contributed by atoms with Gasteiger partial charge in [-0.1, -0.05) is 0 Å². The lowest BCUT2D eigenvalue weighted by Gasteiger charge is -2.26. The lowest BCUT2D eigenvalue weighted by Crippen LogP contribution is -2.42. The lowest BCUT2D eigenvalue weighted by molar-refractivity contribution is -0.136. The fourth-order valence-electron chi connectivity index (χ4n) is 2.79. The van der Waals surface area contributed by atoms with Crippen LogP contribution in [0.25, 0.3) is 0 Å². The molecule has 2 rings (SSSR count). The normalized spacial score (nSPS) is 25.7. The average molecular weight is 306 g/mol. The second-order valence-electron chi connectivity index (χ2n) is 5.33. The van der Waals surface area contributed by atoms with Crippen molar-refractivity contribution in [1.29, 1.82) is 0 Å². The highest BCUT2D eigenvalue weighted by Gasteiger charge is 2.37. The van der Waals surface area contributed by atoms with Crippen LogP contribution >= 0.6 is 12.4 Å². The molecule has 2 atom stereocenters. The monoisotopic (exact) mass is 305 g/mol. The van der Waals surface area contributed by atoms with E-state index in [2.05, 4.69) is 5.32 Å². The van der Waals surface area contributed by atoms with Crippen LogP contribution in [0.15, 0.2) is 0 Å². The van der Waals surface area contributed by atoms with Crippen molar-refractivity contribution in [2.75, 3.05) is 46.9 Å². The molecule has 0 spiro atoms. The molecule has 0 radical (unpaired) electrons. The Hall–Kier alpha value is -0.850. The van der Waals surface area contributed by atoms with Crippen LogP contribution in [0.5, 0.6) is 0 Å². The predicted octanol–water partition coefficient (Wildman–Crippen LogP) is -0.277. The van der Waals surface area contributed by atoms with E-state index in [9.17, 15) is 9.59 Å². The number of halogens is 1. The molecule has 2 amide bonds. The zero-order valence-corrected chi connectivity index (χ0v) is 12.9. The first-order chi connectivity index (χ1) is 9.13. The molecule has 116 valence electrons. The summed E-state index contributed by atoms with van der Waals surface area (Å²) in [5.74, 6) is -0.0229. The summed E-state index contributed by atoms with van der Waals surface area (Å²) in [4.78, 5) is 27.8. The van der Waals surface area contributed by atoms with Crippen LogP contribution in [0, 0.1) is 5.92 Å². The zero-order valence-electron chi connectivity index (χ0n) is 12.1. The minimum absolute atomic E-state index is 0. The minimum Gasteiger partial charge on any atom is -0.383 e. The number of carbonyl (C=O) groups excluding carboxylic acids is 2. The van der Waals surface area contributed by atoms with Gasteiger partial charge in [-0.15, -0.1) is 12.4 Å². The molecule has 2 aliphatic heterocycles. The number of nitrogens with zero attached hydrogens (tertiary/aromatic N) is 2. The number of methoxy groups -OCH3 is 1. The van der Waals surface area contributed by atoms with Gasteiger partial charge < -0.3 is 19.9 Å². The molecular weight excluding hydrogens is 282 g/mol. The van der Waals surface area contributed by atoms with Crippen molar-refractivity contribution >= 4 is 24.2 Å². The third-order valence-electron chi connectivity index (χ3n) is 4.06. The van der Waals surface area contributed by atoms with Gasteiger partial charge in [0.15, 0.2) is 0 Å². The van der Waals surface area contributed by atoms with E-state index in [-0.39, 0.29) is 36.2 Å². The molecule has 7 heteroatoms. The van der Waals surface area contributed by atoms with E-state index in [1.54, 1.807) is 12.0 Å². The number of hydrogen-bond acceptors (Lipinski definition) is 4. The van der Waals surface area contributed by atoms with Gasteiger partial charge in [-0.2, -0.15) is 0 Å². The Balaban J connectivity index is 0.00000200. The summed E-state index contributed by atoms with van der Waals surface area (Å²) in [6, 6.07) is 0.274. The van der Waals surface area contributed by atoms with E-state index in [1.807, 2.05) is 11.9 Å². The molecule has 6 nitrogen and oxygen atoms in total. The van der Waals surface area contributed by atoms with Crippen molar-refractivity contribution in [2.45, 2.75) is 18.9 Å². The van der Waals surface area contributed by atoms with Crippen LogP contribution in [-0.4, -0.2) is 74.6 Å². The summed E-state index contributed by atoms with van der Waals surface area (Å²) in [7, 11) is 3.46. The molecule has 0 aromatic rings. The zero-order chi connectivity index (χ0) is 13.8. The molecule has 0 aromatic heterocycles. The number of likely N-dealkylation sites (N-methyl/N-ethyl adjacent to an activating group) is 1. The largest absolute Gasteiger partial charge is 0.383 e. The topological polar surface area (TPSA) is 61.9 Å². The van der Waals surface area contributed by atoms with Gasteiger partial charge in [-0.05, 0) is 13.0 Å². The van der Waals surface area contributed by atoms with E-state index in [4.69, 9.17) is 4.74 Å². The van der Waals surface area contributed by atoms with E-state index < -0.39 is 0 Å². The van der Waals surface area contributed by atoms with E-state index in [0.717, 1.165) is 19.5 Å². The Labute approximate surface area is 126 Å². The molecule has 2 saturated heterocycles. The quantitative estimate of drug-likeness (QED) is 0.759. The van der Waals surface area contributed by atoms with Crippen molar-refractivity contribution in [3.05, 3.63) is 0 Å². The van der Waals surface area contributed by atoms with Crippen LogP contribution in [0.2, 0.25) is 0 Å². The second-order valence-corrected chi connectivity index (χ2v) is 5.33. The van der Waals surface area contributed by atoms with E-state index in [1.165, 1.54) is 0 Å². The van der Waals surface area contributed by atoms with Gasteiger partial charge >= 0.3 is 0 Å². The third kappa shape index (κ3) is 3.84. The van der Waals surface area contributed by atoms with Crippen LogP contribution < -0.4 is 5.32 Å². The van der Waals surface area contributed by atoms with Crippen molar-refractivity contribution in [1.82, 2.24) is 15.1 Å². The second kappa shape index (κ2) is 7.81. The Bertz CT molecular complexity index is 348. The van der Waals surface area contributed by atoms with Crippen molar-refractivity contribution in [2.24, 2.45) is 5.92 Å². The maximum Gasteiger partial charge on any atom is 0.228 e. The van der Waals surface area contributed by atoms with Crippen molar-refractivity contribution < 1.29 is 14.3 Å². The first-order valence-electron chi connectivity index (χ1n) is 6.87. The van der Waals surface area contributed by atoms with Gasteiger partial charge in [-0.3, -0.25) is 9.59 Å². The molecule has 2 unspecified atom stereocenters. The molecule has 0 bridgehead atoms. The number of carbonyl (C=O) groups is 2. The fraction of sp³-hybridized carbons (Fsp3) is 0.846. The molecule has 2 fully saturated rings. The Morgan fingerprint density at radius 2 is 2.30 bits per heavy atom. The highest BCUT2D eigenvalue weighted by molar-refractivity contribution is 5.89. The maximum absolute atomic E-state index is 12.4. The molecular formula is C13H24ClN3O3. The number of rotatable bonds is 5. The fourth-order valence-corrected chi connectivity index (χ4v) is 2.79. The highest BCUT2D eigenvalue weighted by atomic mass is 35.5. The summed E-state index contributed by atoms with van der Waals surface area (Å²) in [5, 5.41) is 3.26. The summed E-state index contributed by atoms with van der Waals surface area (Å²) in [5.41, 5.74) is 0. The average Bonchev–Trinajstić information content (AvgIpc) is 3.04. The Kier molecular flexibility index (Phi) is 6.71. The Morgan fingerprint density at radius 1 is 1.55 bits per heavy atom. The number of ether oxygens (including phenoxy) is 1. The van der Waals surface area contributed by atoms with Gasteiger partial charge in [0, 0.05) is 46.3 Å². The predicted molar refractivity (Wildman–Crippen MR) is 77.9 cm³/mol. The third-order valence-corrected chi connectivity index (χ3v) is 4.06. The SMILES string of the molecule is COCCN1CC(C(=O)N(C)C2CCNC2)CC1=O.Cl. The van der Waals surface area contributed by atoms with Gasteiger partial charge in [0.05, 0.1) is 12.5 Å². The molecule has 20 heavy (non-hydrogen) atoms. The smallest absolute Gasteiger partial charge is 0.228 e. The van der Waals surface area contributed by atoms with Gasteiger partial charge in [0.1, 0.15) is 0 Å². The number of likely N-dealkylation sites (tertiary alicyclic amines) is 1. The standard InChI is InChI=1S/C13H23N3O3.ClH/c1-15(11-3-4-14-8-11)13(18)10-7-12(17)16(9-10)5-6-19-2;/h10-11,14H,3-9H2,1-2H3;1H. The number of hydrogen-bond donors (Lipinski definition) is 1. The summed E-state index contributed by atoms with van der Waals surface area (Å²) in [6.45, 7) is 3.45. The molecule has 2 aliphatic rings. The van der Waals surface area contributed by atoms with Gasteiger partial charge in [0.25, 0.3) is 0 Å². The first-order valence-corrected chi connectivity index (χ1v) is 6.87. The van der Waals surface area contributed by atoms with Crippen molar-refractivity contribution in [3.63, 3.8) is 0 Å². The molecule has 1 N–H and O–H groups in total. The summed E-state index contributed by atoms with van der Waals surface area (Å²) in [6.07, 6.45) is 1.34.